The summed E-state index contributed by atoms with van der Waals surface area (Å²) in [4.78, 5) is 0. The molecule has 1 unspecified atom stereocenters. The van der Waals surface area contributed by atoms with Crippen LogP contribution in [0.3, 0.4) is 0 Å². The first-order valence-corrected chi connectivity index (χ1v) is 7.18. The molecule has 1 atom stereocenters. The molecule has 0 aliphatic heterocycles. The van der Waals surface area contributed by atoms with Crippen molar-refractivity contribution in [1.29, 1.82) is 0 Å². The van der Waals surface area contributed by atoms with E-state index in [-0.39, 0.29) is 0 Å². The van der Waals surface area contributed by atoms with Crippen LogP contribution < -0.4 is 5.32 Å². The van der Waals surface area contributed by atoms with Crippen molar-refractivity contribution in [1.82, 2.24) is 0 Å². The quantitative estimate of drug-likeness (QED) is 0.859. The van der Waals surface area contributed by atoms with Crippen LogP contribution in [0, 0.1) is 13.8 Å². The zero-order valence-electron chi connectivity index (χ0n) is 12.5. The Labute approximate surface area is 121 Å². The molecule has 0 bridgehead atoms. The van der Waals surface area contributed by atoms with Gasteiger partial charge >= 0.3 is 0 Å². The number of nitrogens with one attached hydrogen (secondary N) is 1. The second-order valence-corrected chi connectivity index (χ2v) is 5.27. The molecule has 0 saturated heterocycles. The molecule has 0 radical (unpaired) electrons. The first-order chi connectivity index (χ1) is 9.61. The fraction of sp³-hybridized carbons (Fsp3) is 0.333. The highest BCUT2D eigenvalue weighted by atomic mass is 16.3. The molecule has 2 rings (SSSR count). The van der Waals surface area contributed by atoms with Crippen LogP contribution in [0.15, 0.2) is 42.5 Å². The highest BCUT2D eigenvalue weighted by Gasteiger charge is 2.09. The van der Waals surface area contributed by atoms with Gasteiger partial charge in [0.25, 0.3) is 0 Å². The van der Waals surface area contributed by atoms with Gasteiger partial charge in [-0.25, -0.2) is 0 Å². The molecule has 2 N–H and O–H groups in total. The summed E-state index contributed by atoms with van der Waals surface area (Å²) in [6.07, 6.45) is 0.505. The van der Waals surface area contributed by atoms with Crippen molar-refractivity contribution in [3.63, 3.8) is 0 Å². The van der Waals surface area contributed by atoms with E-state index in [2.05, 4.69) is 44.3 Å². The molecule has 2 nitrogen and oxygen atoms in total. The molecule has 0 fully saturated rings. The maximum atomic E-state index is 10.3. The van der Waals surface area contributed by atoms with Crippen LogP contribution in [-0.2, 0) is 6.42 Å². The number of aliphatic hydroxyl groups excluding tert-OH is 1. The van der Waals surface area contributed by atoms with Crippen LogP contribution in [0.4, 0.5) is 5.69 Å². The topological polar surface area (TPSA) is 32.3 Å². The van der Waals surface area contributed by atoms with Crippen molar-refractivity contribution >= 4 is 5.69 Å². The molecule has 2 aromatic rings. The molecule has 0 amide bonds. The maximum absolute atomic E-state index is 10.3. The van der Waals surface area contributed by atoms with E-state index in [1.165, 1.54) is 16.7 Å². The zero-order chi connectivity index (χ0) is 14.5. The molecule has 0 spiro atoms. The van der Waals surface area contributed by atoms with Gasteiger partial charge < -0.3 is 10.4 Å². The second-order valence-electron chi connectivity index (χ2n) is 5.27. The number of aliphatic hydroxyl groups is 1. The lowest BCUT2D eigenvalue weighted by Gasteiger charge is -2.17. The number of aryl methyl sites for hydroxylation is 3. The van der Waals surface area contributed by atoms with Gasteiger partial charge in [0.2, 0.25) is 0 Å². The summed E-state index contributed by atoms with van der Waals surface area (Å²) in [7, 11) is 0. The van der Waals surface area contributed by atoms with Gasteiger partial charge in [-0.3, -0.25) is 0 Å². The minimum absolute atomic E-state index is 0.486. The molecule has 106 valence electrons. The van der Waals surface area contributed by atoms with E-state index in [4.69, 9.17) is 0 Å². The van der Waals surface area contributed by atoms with Crippen LogP contribution in [0.5, 0.6) is 0 Å². The smallest absolute Gasteiger partial charge is 0.0962 e. The van der Waals surface area contributed by atoms with Crippen molar-refractivity contribution < 1.29 is 5.11 Å². The van der Waals surface area contributed by atoms with Crippen molar-refractivity contribution in [3.05, 3.63) is 64.7 Å². The lowest BCUT2D eigenvalue weighted by molar-refractivity contribution is 0.191. The standard InChI is InChI=1S/C18H23NO/c1-4-15-7-5-6-14(3)18(15)19-12-17(20)16-10-8-13(2)9-11-16/h5-11,17,19-20H,4,12H2,1-3H3. The Morgan fingerprint density at radius 1 is 1.05 bits per heavy atom. The fourth-order valence-corrected chi connectivity index (χ4v) is 2.38. The van der Waals surface area contributed by atoms with Crippen molar-refractivity contribution in [2.24, 2.45) is 0 Å². The van der Waals surface area contributed by atoms with Gasteiger partial charge in [-0.15, -0.1) is 0 Å². The van der Waals surface area contributed by atoms with E-state index in [1.54, 1.807) is 0 Å². The van der Waals surface area contributed by atoms with Crippen molar-refractivity contribution in [2.75, 3.05) is 11.9 Å². The molecular formula is C18H23NO. The fourth-order valence-electron chi connectivity index (χ4n) is 2.38. The zero-order valence-corrected chi connectivity index (χ0v) is 12.5. The van der Waals surface area contributed by atoms with Gasteiger partial charge in [-0.1, -0.05) is 55.0 Å². The number of anilines is 1. The first-order valence-electron chi connectivity index (χ1n) is 7.18. The SMILES string of the molecule is CCc1cccc(C)c1NCC(O)c1ccc(C)cc1. The summed E-state index contributed by atoms with van der Waals surface area (Å²) < 4.78 is 0. The van der Waals surface area contributed by atoms with E-state index >= 15 is 0 Å². The Bertz CT molecular complexity index is 560. The third-order valence-corrected chi connectivity index (χ3v) is 3.67. The minimum atomic E-state index is -0.486. The number of rotatable bonds is 5. The Kier molecular flexibility index (Phi) is 4.80. The van der Waals surface area contributed by atoms with Gasteiger partial charge in [-0.2, -0.15) is 0 Å². The van der Waals surface area contributed by atoms with Crippen LogP contribution in [0.25, 0.3) is 0 Å². The molecule has 2 heteroatoms. The highest BCUT2D eigenvalue weighted by molar-refractivity contribution is 5.57. The van der Waals surface area contributed by atoms with Gasteiger partial charge in [0, 0.05) is 12.2 Å². The first kappa shape index (κ1) is 14.6. The lowest BCUT2D eigenvalue weighted by Crippen LogP contribution is -2.14. The third-order valence-electron chi connectivity index (χ3n) is 3.67. The van der Waals surface area contributed by atoms with Gasteiger partial charge in [0.1, 0.15) is 0 Å². The Hall–Kier alpha value is -1.80. The summed E-state index contributed by atoms with van der Waals surface area (Å²) in [5.41, 5.74) is 5.83. The number of hydrogen-bond acceptors (Lipinski definition) is 2. The monoisotopic (exact) mass is 269 g/mol. The largest absolute Gasteiger partial charge is 0.387 e. The van der Waals surface area contributed by atoms with Crippen LogP contribution >= 0.6 is 0 Å². The van der Waals surface area contributed by atoms with Gasteiger partial charge in [-0.05, 0) is 37.0 Å². The van der Waals surface area contributed by atoms with Crippen molar-refractivity contribution in [2.45, 2.75) is 33.3 Å². The second kappa shape index (κ2) is 6.58. The van der Waals surface area contributed by atoms with Crippen molar-refractivity contribution in [3.8, 4) is 0 Å². The molecule has 0 heterocycles. The molecule has 0 aliphatic rings. The average molecular weight is 269 g/mol. The van der Waals surface area contributed by atoms with Crippen LogP contribution in [0.1, 0.15) is 35.3 Å². The number of benzene rings is 2. The third kappa shape index (κ3) is 3.40. The summed E-state index contributed by atoms with van der Waals surface area (Å²) in [5, 5.41) is 13.7. The Morgan fingerprint density at radius 2 is 1.75 bits per heavy atom. The molecular weight excluding hydrogens is 246 g/mol. The lowest BCUT2D eigenvalue weighted by atomic mass is 10.0. The Balaban J connectivity index is 2.07. The molecule has 0 aliphatic carbocycles. The number of hydrogen-bond donors (Lipinski definition) is 2. The molecule has 0 aromatic heterocycles. The van der Waals surface area contributed by atoms with Crippen LogP contribution in [-0.4, -0.2) is 11.7 Å². The summed E-state index contributed by atoms with van der Waals surface area (Å²) >= 11 is 0. The predicted molar refractivity (Wildman–Crippen MR) is 85.2 cm³/mol. The minimum Gasteiger partial charge on any atom is -0.387 e. The number of para-hydroxylation sites is 1. The average Bonchev–Trinajstić information content (AvgIpc) is 2.46. The molecule has 20 heavy (non-hydrogen) atoms. The van der Waals surface area contributed by atoms with Gasteiger partial charge in [0.15, 0.2) is 0 Å². The van der Waals surface area contributed by atoms with E-state index in [1.807, 2.05) is 24.3 Å². The summed E-state index contributed by atoms with van der Waals surface area (Å²) in [5.74, 6) is 0. The molecule has 2 aromatic carbocycles. The maximum Gasteiger partial charge on any atom is 0.0962 e. The van der Waals surface area contributed by atoms with E-state index in [0.29, 0.717) is 6.54 Å². The predicted octanol–water partition coefficient (Wildman–Crippen LogP) is 4.01. The van der Waals surface area contributed by atoms with E-state index in [9.17, 15) is 5.11 Å². The Morgan fingerprint density at radius 3 is 2.40 bits per heavy atom. The molecule has 0 saturated carbocycles. The normalized spacial score (nSPS) is 12.2. The highest BCUT2D eigenvalue weighted by Crippen LogP contribution is 2.22. The van der Waals surface area contributed by atoms with Crippen LogP contribution in [0.2, 0.25) is 0 Å². The summed E-state index contributed by atoms with van der Waals surface area (Å²) in [6, 6.07) is 14.3. The van der Waals surface area contributed by atoms with E-state index in [0.717, 1.165) is 17.7 Å². The van der Waals surface area contributed by atoms with Gasteiger partial charge in [0.05, 0.1) is 6.10 Å². The summed E-state index contributed by atoms with van der Waals surface area (Å²) in [6.45, 7) is 6.83. The van der Waals surface area contributed by atoms with E-state index < -0.39 is 6.10 Å².